The molecule has 0 spiro atoms. The molecule has 1 N–H and O–H groups in total. The second-order valence-corrected chi connectivity index (χ2v) is 4.46. The van der Waals surface area contributed by atoms with Gasteiger partial charge in [-0.25, -0.2) is 9.97 Å². The van der Waals surface area contributed by atoms with Crippen molar-refractivity contribution in [2.24, 2.45) is 0 Å². The summed E-state index contributed by atoms with van der Waals surface area (Å²) in [5.41, 5.74) is 1.08. The average Bonchev–Trinajstić information content (AvgIpc) is 2.50. The van der Waals surface area contributed by atoms with Crippen molar-refractivity contribution >= 4 is 0 Å². The number of hydrogen-bond acceptors (Lipinski definition) is 4. The molecule has 0 bridgehead atoms. The van der Waals surface area contributed by atoms with E-state index in [2.05, 4.69) is 28.3 Å². The lowest BCUT2D eigenvalue weighted by Gasteiger charge is -2.20. The van der Waals surface area contributed by atoms with Gasteiger partial charge in [0.25, 0.3) is 0 Å². The van der Waals surface area contributed by atoms with Gasteiger partial charge in [0.15, 0.2) is 0 Å². The first-order chi connectivity index (χ1) is 9.86. The molecule has 0 aliphatic carbocycles. The second kappa shape index (κ2) is 7.60. The molecule has 1 heterocycles. The highest BCUT2D eigenvalue weighted by molar-refractivity contribution is 5.38. The topological polar surface area (TPSA) is 47.0 Å². The van der Waals surface area contributed by atoms with Crippen LogP contribution < -0.4 is 10.1 Å². The minimum Gasteiger partial charge on any atom is -0.494 e. The number of para-hydroxylation sites is 1. The van der Waals surface area contributed by atoms with Crippen LogP contribution in [0, 0.1) is 0 Å². The van der Waals surface area contributed by atoms with Gasteiger partial charge in [-0.3, -0.25) is 0 Å². The molecule has 4 heteroatoms. The van der Waals surface area contributed by atoms with Gasteiger partial charge in [-0.2, -0.15) is 0 Å². The Hall–Kier alpha value is -1.94. The molecule has 1 unspecified atom stereocenters. The maximum absolute atomic E-state index is 5.72. The summed E-state index contributed by atoms with van der Waals surface area (Å²) in [4.78, 5) is 8.76. The number of hydrogen-bond donors (Lipinski definition) is 1. The zero-order valence-corrected chi connectivity index (χ0v) is 12.0. The van der Waals surface area contributed by atoms with Gasteiger partial charge in [0.05, 0.1) is 12.6 Å². The van der Waals surface area contributed by atoms with Crippen molar-refractivity contribution in [2.75, 3.05) is 13.2 Å². The molecule has 20 heavy (non-hydrogen) atoms. The summed E-state index contributed by atoms with van der Waals surface area (Å²) in [5.74, 6) is 1.66. The Balaban J connectivity index is 2.36. The van der Waals surface area contributed by atoms with Gasteiger partial charge in [0.1, 0.15) is 11.6 Å². The molecular formula is C16H21N3O. The van der Waals surface area contributed by atoms with Gasteiger partial charge in [0.2, 0.25) is 0 Å². The summed E-state index contributed by atoms with van der Waals surface area (Å²) in [6, 6.07) is 9.84. The third kappa shape index (κ3) is 3.54. The van der Waals surface area contributed by atoms with Crippen LogP contribution in [0.3, 0.4) is 0 Å². The van der Waals surface area contributed by atoms with E-state index in [0.717, 1.165) is 30.1 Å². The molecule has 2 aromatic rings. The highest BCUT2D eigenvalue weighted by Gasteiger charge is 2.19. The first-order valence-electron chi connectivity index (χ1n) is 7.08. The summed E-state index contributed by atoms with van der Waals surface area (Å²) in [6.45, 7) is 5.69. The molecule has 0 radical (unpaired) electrons. The van der Waals surface area contributed by atoms with Crippen molar-refractivity contribution in [1.29, 1.82) is 0 Å². The number of aromatic nitrogens is 2. The molecule has 1 aromatic heterocycles. The zero-order chi connectivity index (χ0) is 14.2. The minimum atomic E-state index is -0.0427. The monoisotopic (exact) mass is 271 g/mol. The molecule has 1 aromatic carbocycles. The summed E-state index contributed by atoms with van der Waals surface area (Å²) in [5, 5.41) is 3.50. The van der Waals surface area contributed by atoms with E-state index in [4.69, 9.17) is 4.74 Å². The molecule has 4 nitrogen and oxygen atoms in total. The molecule has 0 fully saturated rings. The van der Waals surface area contributed by atoms with E-state index in [1.165, 1.54) is 0 Å². The van der Waals surface area contributed by atoms with Crippen LogP contribution in [0.25, 0.3) is 0 Å². The molecule has 0 saturated heterocycles. The molecule has 1 atom stereocenters. The van der Waals surface area contributed by atoms with Crippen LogP contribution in [0.1, 0.15) is 37.7 Å². The predicted octanol–water partition coefficient (Wildman–Crippen LogP) is 2.96. The van der Waals surface area contributed by atoms with Crippen LogP contribution in [-0.4, -0.2) is 23.1 Å². The van der Waals surface area contributed by atoms with Gasteiger partial charge in [-0.05, 0) is 32.0 Å². The first kappa shape index (κ1) is 14.5. The second-order valence-electron chi connectivity index (χ2n) is 4.46. The Kier molecular flexibility index (Phi) is 5.50. The number of nitrogens with one attached hydrogen (secondary N) is 1. The van der Waals surface area contributed by atoms with Crippen molar-refractivity contribution in [3.05, 3.63) is 54.1 Å². The standard InChI is InChI=1S/C16H21N3O/c1-3-10-17-15(16-18-11-7-12-19-16)13-8-5-6-9-14(13)20-4-2/h5-9,11-12,15,17H,3-4,10H2,1-2H3. The minimum absolute atomic E-state index is 0.0427. The van der Waals surface area contributed by atoms with Gasteiger partial charge >= 0.3 is 0 Å². The molecule has 0 aliphatic heterocycles. The van der Waals surface area contributed by atoms with Crippen molar-refractivity contribution in [3.8, 4) is 5.75 Å². The van der Waals surface area contributed by atoms with E-state index in [-0.39, 0.29) is 6.04 Å². The summed E-state index contributed by atoms with van der Waals surface area (Å²) in [6.07, 6.45) is 4.60. The van der Waals surface area contributed by atoms with E-state index in [1.54, 1.807) is 12.4 Å². The third-order valence-electron chi connectivity index (χ3n) is 2.97. The predicted molar refractivity (Wildman–Crippen MR) is 79.8 cm³/mol. The summed E-state index contributed by atoms with van der Waals surface area (Å²) in [7, 11) is 0. The molecular weight excluding hydrogens is 250 g/mol. The smallest absolute Gasteiger partial charge is 0.149 e. The maximum Gasteiger partial charge on any atom is 0.149 e. The van der Waals surface area contributed by atoms with E-state index in [1.807, 2.05) is 31.2 Å². The van der Waals surface area contributed by atoms with E-state index in [9.17, 15) is 0 Å². The van der Waals surface area contributed by atoms with Crippen LogP contribution in [0.15, 0.2) is 42.7 Å². The van der Waals surface area contributed by atoms with E-state index in [0.29, 0.717) is 6.61 Å². The van der Waals surface area contributed by atoms with E-state index >= 15 is 0 Å². The molecule has 0 aliphatic rings. The zero-order valence-electron chi connectivity index (χ0n) is 12.0. The van der Waals surface area contributed by atoms with Crippen molar-refractivity contribution < 1.29 is 4.74 Å². The van der Waals surface area contributed by atoms with Gasteiger partial charge in [-0.15, -0.1) is 0 Å². The van der Waals surface area contributed by atoms with Crippen LogP contribution in [-0.2, 0) is 0 Å². The number of rotatable bonds is 7. The fourth-order valence-electron chi connectivity index (χ4n) is 2.09. The Morgan fingerprint density at radius 1 is 1.10 bits per heavy atom. The maximum atomic E-state index is 5.72. The first-order valence-corrected chi connectivity index (χ1v) is 7.08. The highest BCUT2D eigenvalue weighted by atomic mass is 16.5. The quantitative estimate of drug-likeness (QED) is 0.841. The van der Waals surface area contributed by atoms with Crippen LogP contribution in [0.2, 0.25) is 0 Å². The average molecular weight is 271 g/mol. The number of ether oxygens (including phenoxy) is 1. The SMILES string of the molecule is CCCNC(c1ncccn1)c1ccccc1OCC. The number of nitrogens with zero attached hydrogens (tertiary/aromatic N) is 2. The van der Waals surface area contributed by atoms with Crippen molar-refractivity contribution in [3.63, 3.8) is 0 Å². The van der Waals surface area contributed by atoms with Gasteiger partial charge < -0.3 is 10.1 Å². The summed E-state index contributed by atoms with van der Waals surface area (Å²) < 4.78 is 5.72. The van der Waals surface area contributed by atoms with Gasteiger partial charge in [0, 0.05) is 18.0 Å². The Morgan fingerprint density at radius 2 is 1.85 bits per heavy atom. The van der Waals surface area contributed by atoms with Gasteiger partial charge in [-0.1, -0.05) is 25.1 Å². The van der Waals surface area contributed by atoms with E-state index < -0.39 is 0 Å². The largest absolute Gasteiger partial charge is 0.494 e. The fourth-order valence-corrected chi connectivity index (χ4v) is 2.09. The lowest BCUT2D eigenvalue weighted by Crippen LogP contribution is -2.25. The molecule has 2 rings (SSSR count). The highest BCUT2D eigenvalue weighted by Crippen LogP contribution is 2.28. The molecule has 106 valence electrons. The molecule has 0 amide bonds. The number of benzene rings is 1. The van der Waals surface area contributed by atoms with Crippen LogP contribution in [0.5, 0.6) is 5.75 Å². The fraction of sp³-hybridized carbons (Fsp3) is 0.375. The Morgan fingerprint density at radius 3 is 2.55 bits per heavy atom. The van der Waals surface area contributed by atoms with Crippen molar-refractivity contribution in [2.45, 2.75) is 26.3 Å². The lowest BCUT2D eigenvalue weighted by atomic mass is 10.0. The summed E-state index contributed by atoms with van der Waals surface area (Å²) >= 11 is 0. The molecule has 0 saturated carbocycles. The van der Waals surface area contributed by atoms with Crippen molar-refractivity contribution in [1.82, 2.24) is 15.3 Å². The normalized spacial score (nSPS) is 12.1. The Labute approximate surface area is 120 Å². The lowest BCUT2D eigenvalue weighted by molar-refractivity contribution is 0.333. The van der Waals surface area contributed by atoms with Crippen LogP contribution >= 0.6 is 0 Å². The van der Waals surface area contributed by atoms with Crippen LogP contribution in [0.4, 0.5) is 0 Å². The Bertz CT molecular complexity index is 516. The third-order valence-corrected chi connectivity index (χ3v) is 2.97.